The minimum absolute atomic E-state index is 0.149. The number of benzene rings is 2. The highest BCUT2D eigenvalue weighted by Crippen LogP contribution is 2.35. The third-order valence-electron chi connectivity index (χ3n) is 5.28. The van der Waals surface area contributed by atoms with E-state index in [-0.39, 0.29) is 16.2 Å². The Hall–Kier alpha value is -3.16. The Bertz CT molecular complexity index is 1300. The Morgan fingerprint density at radius 3 is 2.61 bits per heavy atom. The van der Waals surface area contributed by atoms with Gasteiger partial charge >= 0.3 is 0 Å². The van der Waals surface area contributed by atoms with Crippen LogP contribution in [0.4, 0.5) is 0 Å². The molecule has 1 atom stereocenters. The Morgan fingerprint density at radius 2 is 1.79 bits per heavy atom. The van der Waals surface area contributed by atoms with E-state index < -0.39 is 11.6 Å². The van der Waals surface area contributed by atoms with Crippen LogP contribution in [0.2, 0.25) is 0 Å². The van der Waals surface area contributed by atoms with E-state index in [4.69, 9.17) is 12.2 Å². The number of hydrogen-bond donors (Lipinski definition) is 4. The maximum absolute atomic E-state index is 12.8. The molecular formula is C21H18N4O2S. The Balaban J connectivity index is 1.76. The van der Waals surface area contributed by atoms with Crippen LogP contribution in [-0.4, -0.2) is 26.2 Å². The molecular weight excluding hydrogens is 372 g/mol. The molecule has 2 aromatic heterocycles. The number of nitrogens with one attached hydrogen (secondary N) is 3. The van der Waals surface area contributed by atoms with Crippen LogP contribution in [0.25, 0.3) is 16.6 Å². The fraction of sp³-hybridized carbons (Fsp3) is 0.143. The molecule has 0 aliphatic carbocycles. The van der Waals surface area contributed by atoms with Gasteiger partial charge in [-0.15, -0.1) is 0 Å². The van der Waals surface area contributed by atoms with Crippen molar-refractivity contribution in [2.45, 2.75) is 12.5 Å². The lowest BCUT2D eigenvalue weighted by Gasteiger charge is -2.25. The van der Waals surface area contributed by atoms with Crippen molar-refractivity contribution >= 4 is 23.1 Å². The fourth-order valence-corrected chi connectivity index (χ4v) is 4.33. The zero-order chi connectivity index (χ0) is 19.3. The van der Waals surface area contributed by atoms with Crippen molar-refractivity contribution in [1.29, 1.82) is 0 Å². The molecule has 0 amide bonds. The molecule has 1 aliphatic heterocycles. The summed E-state index contributed by atoms with van der Waals surface area (Å²) >= 11 is 5.32. The molecule has 1 aliphatic rings. The lowest BCUT2D eigenvalue weighted by molar-refractivity contribution is 0.412. The zero-order valence-electron chi connectivity index (χ0n) is 14.9. The molecule has 0 bridgehead atoms. The maximum Gasteiger partial charge on any atom is 0.260 e. The van der Waals surface area contributed by atoms with E-state index in [9.17, 15) is 9.90 Å². The van der Waals surface area contributed by atoms with E-state index in [2.05, 4.69) is 21.4 Å². The van der Waals surface area contributed by atoms with Gasteiger partial charge in [0.2, 0.25) is 5.88 Å². The zero-order valence-corrected chi connectivity index (χ0v) is 15.7. The Kier molecular flexibility index (Phi) is 3.92. The van der Waals surface area contributed by atoms with E-state index in [1.807, 2.05) is 48.5 Å². The molecule has 4 aromatic rings. The number of aromatic hydroxyl groups is 1. The SMILES string of the molecule is O=c1[nH]c(=S)n(-c2ccccc2)c(O)c1[C@@H]1NCCc2c1[nH]c1ccccc21. The summed E-state index contributed by atoms with van der Waals surface area (Å²) in [6.45, 7) is 0.708. The lowest BCUT2D eigenvalue weighted by Crippen LogP contribution is -2.35. The van der Waals surface area contributed by atoms with Crippen molar-refractivity contribution in [3.8, 4) is 11.6 Å². The van der Waals surface area contributed by atoms with Crippen molar-refractivity contribution in [3.63, 3.8) is 0 Å². The topological polar surface area (TPSA) is 85.8 Å². The smallest absolute Gasteiger partial charge is 0.260 e. The number of nitrogens with zero attached hydrogens (tertiary/aromatic N) is 1. The molecule has 7 heteroatoms. The molecule has 2 aromatic carbocycles. The highest BCUT2D eigenvalue weighted by molar-refractivity contribution is 7.71. The van der Waals surface area contributed by atoms with Crippen molar-refractivity contribution in [3.05, 3.63) is 86.5 Å². The van der Waals surface area contributed by atoms with E-state index >= 15 is 0 Å². The molecule has 6 nitrogen and oxygen atoms in total. The first kappa shape index (κ1) is 17.0. The first-order valence-corrected chi connectivity index (χ1v) is 9.52. The predicted octanol–water partition coefficient (Wildman–Crippen LogP) is 3.32. The quantitative estimate of drug-likeness (QED) is 0.396. The molecule has 0 fully saturated rings. The molecule has 140 valence electrons. The maximum atomic E-state index is 12.8. The first-order chi connectivity index (χ1) is 13.6. The number of fused-ring (bicyclic) bond motifs is 3. The van der Waals surface area contributed by atoms with Crippen molar-refractivity contribution in [2.24, 2.45) is 0 Å². The second-order valence-corrected chi connectivity index (χ2v) is 7.25. The average Bonchev–Trinajstić information content (AvgIpc) is 3.08. The van der Waals surface area contributed by atoms with Gasteiger partial charge in [0.05, 0.1) is 11.7 Å². The summed E-state index contributed by atoms with van der Waals surface area (Å²) in [7, 11) is 0. The molecule has 5 rings (SSSR count). The van der Waals surface area contributed by atoms with Gasteiger partial charge in [-0.3, -0.25) is 14.3 Å². The standard InChI is InChI=1S/C21H18N4O2S/c26-19-16(20(27)25(21(28)24-19)12-6-2-1-3-7-12)18-17-14(10-11-22-18)13-8-4-5-9-15(13)23-17/h1-9,18,22-23,27H,10-11H2,(H,24,26,28)/t18-/m0/s1. The van der Waals surface area contributed by atoms with Gasteiger partial charge in [0, 0.05) is 23.1 Å². The molecule has 0 spiro atoms. The molecule has 3 heterocycles. The van der Waals surface area contributed by atoms with Crippen LogP contribution in [0, 0.1) is 4.77 Å². The third-order valence-corrected chi connectivity index (χ3v) is 5.57. The summed E-state index contributed by atoms with van der Waals surface area (Å²) < 4.78 is 1.65. The molecule has 28 heavy (non-hydrogen) atoms. The highest BCUT2D eigenvalue weighted by atomic mass is 32.1. The fourth-order valence-electron chi connectivity index (χ4n) is 4.04. The van der Waals surface area contributed by atoms with Gasteiger partial charge in [0.1, 0.15) is 5.56 Å². The second kappa shape index (κ2) is 6.47. The first-order valence-electron chi connectivity index (χ1n) is 9.11. The Morgan fingerprint density at radius 1 is 1.04 bits per heavy atom. The molecule has 0 saturated carbocycles. The van der Waals surface area contributed by atoms with Gasteiger partial charge in [0.25, 0.3) is 5.56 Å². The summed E-state index contributed by atoms with van der Waals surface area (Å²) in [6, 6.07) is 16.9. The largest absolute Gasteiger partial charge is 0.494 e. The minimum Gasteiger partial charge on any atom is -0.494 e. The summed E-state index contributed by atoms with van der Waals surface area (Å²) in [5.74, 6) is -0.149. The van der Waals surface area contributed by atoms with E-state index in [0.717, 1.165) is 23.0 Å². The van der Waals surface area contributed by atoms with Gasteiger partial charge < -0.3 is 15.4 Å². The van der Waals surface area contributed by atoms with Gasteiger partial charge in [0.15, 0.2) is 4.77 Å². The third kappa shape index (κ3) is 2.51. The number of H-pyrrole nitrogens is 2. The molecule has 0 unspecified atom stereocenters. The molecule has 4 N–H and O–H groups in total. The van der Waals surface area contributed by atoms with Gasteiger partial charge in [-0.25, -0.2) is 0 Å². The summed E-state index contributed by atoms with van der Waals surface area (Å²) in [6.07, 6.45) is 0.853. The second-order valence-electron chi connectivity index (χ2n) is 6.87. The van der Waals surface area contributed by atoms with Gasteiger partial charge in [-0.2, -0.15) is 0 Å². The van der Waals surface area contributed by atoms with E-state index in [1.54, 1.807) is 0 Å². The average molecular weight is 390 g/mol. The van der Waals surface area contributed by atoms with Gasteiger partial charge in [-0.05, 0) is 42.4 Å². The molecule has 0 radical (unpaired) electrons. The normalized spacial score (nSPS) is 16.2. The van der Waals surface area contributed by atoms with Crippen LogP contribution in [0.15, 0.2) is 59.4 Å². The van der Waals surface area contributed by atoms with Crippen molar-refractivity contribution in [2.75, 3.05) is 6.54 Å². The van der Waals surface area contributed by atoms with Gasteiger partial charge in [-0.1, -0.05) is 36.4 Å². The van der Waals surface area contributed by atoms with Crippen LogP contribution < -0.4 is 10.9 Å². The highest BCUT2D eigenvalue weighted by Gasteiger charge is 2.30. The van der Waals surface area contributed by atoms with E-state index in [1.165, 1.54) is 10.1 Å². The number of aromatic amines is 2. The van der Waals surface area contributed by atoms with E-state index in [0.29, 0.717) is 12.2 Å². The van der Waals surface area contributed by atoms with Crippen LogP contribution in [-0.2, 0) is 6.42 Å². The lowest BCUT2D eigenvalue weighted by atomic mass is 9.95. The minimum atomic E-state index is -0.453. The summed E-state index contributed by atoms with van der Waals surface area (Å²) in [5.41, 5.74) is 3.66. The van der Waals surface area contributed by atoms with Crippen molar-refractivity contribution in [1.82, 2.24) is 19.9 Å². The monoisotopic (exact) mass is 390 g/mol. The summed E-state index contributed by atoms with van der Waals surface area (Å²) in [4.78, 5) is 19.0. The number of rotatable bonds is 2. The van der Waals surface area contributed by atoms with Crippen LogP contribution in [0.1, 0.15) is 22.9 Å². The summed E-state index contributed by atoms with van der Waals surface area (Å²) in [5, 5.41) is 15.6. The number of aromatic nitrogens is 3. The number of para-hydroxylation sites is 2. The predicted molar refractivity (Wildman–Crippen MR) is 111 cm³/mol. The van der Waals surface area contributed by atoms with Crippen LogP contribution >= 0.6 is 12.2 Å². The Labute approximate surface area is 165 Å². The van der Waals surface area contributed by atoms with Crippen molar-refractivity contribution < 1.29 is 5.11 Å². The number of hydrogen-bond acceptors (Lipinski definition) is 4. The van der Waals surface area contributed by atoms with Crippen LogP contribution in [0.3, 0.4) is 0 Å². The molecule has 0 saturated heterocycles. The van der Waals surface area contributed by atoms with Crippen LogP contribution in [0.5, 0.6) is 5.88 Å².